The van der Waals surface area contributed by atoms with Gasteiger partial charge in [-0.1, -0.05) is 18.2 Å². The van der Waals surface area contributed by atoms with E-state index in [9.17, 15) is 21.6 Å². The van der Waals surface area contributed by atoms with Gasteiger partial charge in [-0.25, -0.2) is 17.8 Å². The molecule has 3 rings (SSSR count). The van der Waals surface area contributed by atoms with Crippen LogP contribution in [-0.2, 0) is 10.0 Å². The molecule has 0 spiro atoms. The first-order valence-corrected chi connectivity index (χ1v) is 9.79. The van der Waals surface area contributed by atoms with Crippen LogP contribution in [0.4, 0.5) is 13.2 Å². The van der Waals surface area contributed by atoms with E-state index in [-0.39, 0.29) is 10.9 Å². The number of nitrogens with two attached hydrogens (primary N) is 1. The molecular formula is C18H16F3N5O3S. The zero-order chi connectivity index (χ0) is 22.1. The van der Waals surface area contributed by atoms with Crippen LogP contribution in [0.2, 0.25) is 0 Å². The standard InChI is InChI=1S/C18H16F3N5O3S/c1-11(24-25-17(22)23)15-10-26(16-5-3-2-4-14(15)16)30(27,28)13-8-6-12(7-9-13)29-18(19,20)21/h2-10H,1H3,(H4,22,23,25). The van der Waals surface area contributed by atoms with Crippen molar-refractivity contribution < 1.29 is 26.3 Å². The van der Waals surface area contributed by atoms with Gasteiger partial charge >= 0.3 is 6.36 Å². The molecule has 0 fully saturated rings. The van der Waals surface area contributed by atoms with Gasteiger partial charge in [0.1, 0.15) is 5.75 Å². The van der Waals surface area contributed by atoms with Crippen molar-refractivity contribution in [1.29, 1.82) is 5.41 Å². The highest BCUT2D eigenvalue weighted by Crippen LogP contribution is 2.28. The summed E-state index contributed by atoms with van der Waals surface area (Å²) in [5.41, 5.74) is 8.71. The number of hydrogen-bond acceptors (Lipinski definition) is 5. The molecule has 1 heterocycles. The minimum absolute atomic E-state index is 0.221. The van der Waals surface area contributed by atoms with Gasteiger partial charge in [0, 0.05) is 17.1 Å². The van der Waals surface area contributed by atoms with Crippen molar-refractivity contribution in [2.24, 2.45) is 10.8 Å². The van der Waals surface area contributed by atoms with Crippen LogP contribution in [0.1, 0.15) is 12.5 Å². The molecule has 0 radical (unpaired) electrons. The minimum Gasteiger partial charge on any atom is -0.406 e. The fourth-order valence-electron chi connectivity index (χ4n) is 2.77. The lowest BCUT2D eigenvalue weighted by Crippen LogP contribution is -2.26. The fraction of sp³-hybridized carbons (Fsp3) is 0.111. The summed E-state index contributed by atoms with van der Waals surface area (Å²) in [4.78, 5) is -0.221. The van der Waals surface area contributed by atoms with Crippen molar-refractivity contribution in [3.63, 3.8) is 0 Å². The third-order valence-electron chi connectivity index (χ3n) is 4.03. The van der Waals surface area contributed by atoms with Crippen molar-refractivity contribution >= 4 is 32.6 Å². The SMILES string of the molecule is CC(=NNC(=N)N)c1cn(S(=O)(=O)c2ccc(OC(F)(F)F)cc2)c2ccccc12. The Labute approximate surface area is 169 Å². The summed E-state index contributed by atoms with van der Waals surface area (Å²) in [6.07, 6.45) is -3.53. The van der Waals surface area contributed by atoms with Gasteiger partial charge in [-0.3, -0.25) is 5.41 Å². The van der Waals surface area contributed by atoms with Crippen LogP contribution in [0.15, 0.2) is 64.7 Å². The summed E-state index contributed by atoms with van der Waals surface area (Å²) in [5.74, 6) is -0.912. The van der Waals surface area contributed by atoms with Gasteiger partial charge in [0.05, 0.1) is 16.1 Å². The Hall–Kier alpha value is -3.54. The number of alkyl halides is 3. The molecule has 0 atom stereocenters. The highest BCUT2D eigenvalue weighted by Gasteiger charge is 2.31. The van der Waals surface area contributed by atoms with Crippen LogP contribution in [-0.4, -0.2) is 30.4 Å². The van der Waals surface area contributed by atoms with Crippen molar-refractivity contribution in [3.8, 4) is 5.75 Å². The first kappa shape index (κ1) is 21.2. The number of fused-ring (bicyclic) bond motifs is 1. The largest absolute Gasteiger partial charge is 0.573 e. The molecule has 30 heavy (non-hydrogen) atoms. The van der Waals surface area contributed by atoms with Gasteiger partial charge < -0.3 is 10.5 Å². The van der Waals surface area contributed by atoms with Crippen LogP contribution < -0.4 is 15.9 Å². The summed E-state index contributed by atoms with van der Waals surface area (Å²) in [6.45, 7) is 1.61. The predicted octanol–water partition coefficient (Wildman–Crippen LogP) is 2.98. The van der Waals surface area contributed by atoms with E-state index in [1.807, 2.05) is 0 Å². The topological polar surface area (TPSA) is 123 Å². The molecule has 3 aromatic rings. The summed E-state index contributed by atoms with van der Waals surface area (Å²) in [6, 6.07) is 10.6. The van der Waals surface area contributed by atoms with E-state index in [4.69, 9.17) is 11.1 Å². The van der Waals surface area contributed by atoms with Gasteiger partial charge in [-0.2, -0.15) is 5.10 Å². The molecule has 0 unspecified atom stereocenters. The molecule has 0 saturated carbocycles. The number of hydrogen-bond donors (Lipinski definition) is 3. The smallest absolute Gasteiger partial charge is 0.406 e. The number of guanidine groups is 1. The number of rotatable bonds is 5. The lowest BCUT2D eigenvalue weighted by molar-refractivity contribution is -0.274. The lowest BCUT2D eigenvalue weighted by atomic mass is 10.1. The Morgan fingerprint density at radius 3 is 2.40 bits per heavy atom. The number of para-hydroxylation sites is 1. The number of benzene rings is 2. The summed E-state index contributed by atoms with van der Waals surface area (Å²) in [7, 11) is -4.13. The van der Waals surface area contributed by atoms with E-state index in [1.165, 1.54) is 6.20 Å². The number of hydrazone groups is 1. The third kappa shape index (κ3) is 4.38. The Bertz CT molecular complexity index is 1230. The lowest BCUT2D eigenvalue weighted by Gasteiger charge is -2.10. The van der Waals surface area contributed by atoms with Gasteiger partial charge in [0.2, 0.25) is 5.96 Å². The molecular weight excluding hydrogens is 423 g/mol. The zero-order valence-corrected chi connectivity index (χ0v) is 16.3. The molecule has 12 heteroatoms. The van der Waals surface area contributed by atoms with Crippen molar-refractivity contribution in [1.82, 2.24) is 9.40 Å². The summed E-state index contributed by atoms with van der Waals surface area (Å²) in [5, 5.41) is 11.7. The molecule has 2 aromatic carbocycles. The second kappa shape index (κ2) is 7.71. The third-order valence-corrected chi connectivity index (χ3v) is 5.71. The highest BCUT2D eigenvalue weighted by atomic mass is 32.2. The maximum Gasteiger partial charge on any atom is 0.573 e. The normalized spacial score (nSPS) is 12.7. The van der Waals surface area contributed by atoms with Crippen LogP contribution in [0, 0.1) is 5.41 Å². The highest BCUT2D eigenvalue weighted by molar-refractivity contribution is 7.90. The molecule has 0 aliphatic carbocycles. The van der Waals surface area contributed by atoms with Gasteiger partial charge in [0.25, 0.3) is 10.0 Å². The van der Waals surface area contributed by atoms with E-state index in [0.29, 0.717) is 22.2 Å². The summed E-state index contributed by atoms with van der Waals surface area (Å²) < 4.78 is 68.0. The van der Waals surface area contributed by atoms with Crippen LogP contribution in [0.5, 0.6) is 5.75 Å². The van der Waals surface area contributed by atoms with E-state index in [0.717, 1.165) is 28.2 Å². The Morgan fingerprint density at radius 2 is 1.80 bits per heavy atom. The quantitative estimate of drug-likeness (QED) is 0.320. The maximum absolute atomic E-state index is 13.1. The molecule has 0 bridgehead atoms. The molecule has 158 valence electrons. The van der Waals surface area contributed by atoms with Crippen molar-refractivity contribution in [2.45, 2.75) is 18.2 Å². The van der Waals surface area contributed by atoms with Crippen LogP contribution in [0.25, 0.3) is 10.9 Å². The van der Waals surface area contributed by atoms with Crippen molar-refractivity contribution in [2.75, 3.05) is 0 Å². The van der Waals surface area contributed by atoms with E-state index >= 15 is 0 Å². The van der Waals surface area contributed by atoms with Crippen LogP contribution >= 0.6 is 0 Å². The number of nitrogens with one attached hydrogen (secondary N) is 2. The molecule has 4 N–H and O–H groups in total. The van der Waals surface area contributed by atoms with Gasteiger partial charge in [-0.05, 0) is 37.3 Å². The van der Waals surface area contributed by atoms with Crippen molar-refractivity contribution in [3.05, 3.63) is 60.3 Å². The first-order chi connectivity index (χ1) is 14.0. The first-order valence-electron chi connectivity index (χ1n) is 8.35. The number of nitrogens with zero attached hydrogens (tertiary/aromatic N) is 2. The van der Waals surface area contributed by atoms with E-state index in [2.05, 4.69) is 15.3 Å². The predicted molar refractivity (Wildman–Crippen MR) is 105 cm³/mol. The minimum atomic E-state index is -4.88. The molecule has 8 nitrogen and oxygen atoms in total. The van der Waals surface area contributed by atoms with E-state index in [1.54, 1.807) is 31.2 Å². The Kier molecular flexibility index (Phi) is 5.44. The molecule has 1 aromatic heterocycles. The molecule has 0 aliphatic rings. The number of ether oxygens (including phenoxy) is 1. The molecule has 0 aliphatic heterocycles. The van der Waals surface area contributed by atoms with Gasteiger partial charge in [-0.15, -0.1) is 13.2 Å². The van der Waals surface area contributed by atoms with Gasteiger partial charge in [0.15, 0.2) is 0 Å². The maximum atomic E-state index is 13.1. The number of halogens is 3. The average molecular weight is 439 g/mol. The molecule has 0 saturated heterocycles. The monoisotopic (exact) mass is 439 g/mol. The second-order valence-electron chi connectivity index (χ2n) is 6.10. The summed E-state index contributed by atoms with van der Waals surface area (Å²) >= 11 is 0. The van der Waals surface area contributed by atoms with Crippen LogP contribution in [0.3, 0.4) is 0 Å². The second-order valence-corrected chi connectivity index (χ2v) is 7.92. The van der Waals surface area contributed by atoms with E-state index < -0.39 is 22.1 Å². The fourth-order valence-corrected chi connectivity index (χ4v) is 4.14. The molecule has 0 amide bonds. The Balaban J connectivity index is 2.07. The Morgan fingerprint density at radius 1 is 1.17 bits per heavy atom. The number of aromatic nitrogens is 1. The zero-order valence-electron chi connectivity index (χ0n) is 15.4. The average Bonchev–Trinajstić information content (AvgIpc) is 3.06.